The van der Waals surface area contributed by atoms with Crippen LogP contribution in [0.15, 0.2) is 0 Å². The number of halogens is 16. The van der Waals surface area contributed by atoms with E-state index in [0.29, 0.717) is 0 Å². The van der Waals surface area contributed by atoms with Crippen LogP contribution in [0.2, 0.25) is 0 Å². The van der Waals surface area contributed by atoms with Crippen molar-refractivity contribution >= 4 is 0 Å². The van der Waals surface area contributed by atoms with Crippen molar-refractivity contribution < 1.29 is 75.4 Å². The zero-order valence-corrected chi connectivity index (χ0v) is 13.6. The number of alkyl halides is 16. The summed E-state index contributed by atoms with van der Waals surface area (Å²) in [7, 11) is 0. The van der Waals surface area contributed by atoms with Gasteiger partial charge >= 0.3 is 47.6 Å². The molecule has 0 amide bonds. The van der Waals surface area contributed by atoms with E-state index < -0.39 is 66.8 Å². The second-order valence-electron chi connectivity index (χ2n) is 5.80. The molecule has 0 bridgehead atoms. The molecule has 0 aromatic carbocycles. The fourth-order valence-corrected chi connectivity index (χ4v) is 1.76. The Hall–Kier alpha value is -1.16. The third-order valence-corrected chi connectivity index (χ3v) is 3.65. The van der Waals surface area contributed by atoms with Crippen molar-refractivity contribution in [3.8, 4) is 0 Å². The van der Waals surface area contributed by atoms with Crippen LogP contribution in [0.5, 0.6) is 0 Å². The Bertz CT molecular complexity index is 575. The summed E-state index contributed by atoms with van der Waals surface area (Å²) in [5.41, 5.74) is 0. The number of rotatable bonds is 10. The van der Waals surface area contributed by atoms with Crippen LogP contribution < -0.4 is 0 Å². The van der Waals surface area contributed by atoms with E-state index in [9.17, 15) is 70.2 Å². The van der Waals surface area contributed by atoms with Crippen LogP contribution in [0, 0.1) is 0 Å². The highest BCUT2D eigenvalue weighted by atomic mass is 19.4. The van der Waals surface area contributed by atoms with Gasteiger partial charge < -0.3 is 5.11 Å². The largest absolute Gasteiger partial charge is 0.423 e. The Balaban J connectivity index is 6.57. The van der Waals surface area contributed by atoms with Crippen molar-refractivity contribution in [1.82, 2.24) is 0 Å². The second-order valence-corrected chi connectivity index (χ2v) is 5.80. The van der Waals surface area contributed by atoms with E-state index in [-0.39, 0.29) is 0 Å². The highest BCUT2D eigenvalue weighted by Crippen LogP contribution is 2.63. The highest BCUT2D eigenvalue weighted by molar-refractivity contribution is 5.14. The minimum Gasteiger partial charge on any atom is -0.331 e. The van der Waals surface area contributed by atoms with Crippen LogP contribution in [-0.2, 0) is 0 Å². The van der Waals surface area contributed by atoms with Crippen LogP contribution in [0.3, 0.4) is 0 Å². The van der Waals surface area contributed by atoms with Gasteiger partial charge in [0.2, 0.25) is 0 Å². The Morgan fingerprint density at radius 1 is 0.483 bits per heavy atom. The molecular weight excluding hydrogens is 464 g/mol. The molecule has 0 heterocycles. The van der Waals surface area contributed by atoms with Gasteiger partial charge in [-0.25, -0.2) is 0 Å². The van der Waals surface area contributed by atoms with Crippen molar-refractivity contribution in [2.45, 2.75) is 73.8 Å². The fraction of sp³-hybridized carbons (Fsp3) is 1.00. The zero-order chi connectivity index (χ0) is 24.1. The van der Waals surface area contributed by atoms with E-state index in [4.69, 9.17) is 5.11 Å². The Morgan fingerprint density at radius 3 is 1.03 bits per heavy atom. The van der Waals surface area contributed by atoms with E-state index in [1.165, 1.54) is 0 Å². The normalized spacial score (nSPS) is 16.3. The lowest BCUT2D eigenvalue weighted by molar-refractivity contribution is -0.469. The van der Waals surface area contributed by atoms with E-state index >= 15 is 0 Å². The predicted octanol–water partition coefficient (Wildman–Crippen LogP) is 6.21. The summed E-state index contributed by atoms with van der Waals surface area (Å²) in [4.78, 5) is 0. The summed E-state index contributed by atoms with van der Waals surface area (Å²) in [5.74, 6) is -55.0. The molecule has 17 heteroatoms. The Morgan fingerprint density at radius 2 is 0.759 bits per heavy atom. The molecule has 29 heavy (non-hydrogen) atoms. The molecule has 0 saturated heterocycles. The topological polar surface area (TPSA) is 20.2 Å². The van der Waals surface area contributed by atoms with Gasteiger partial charge in [0.25, 0.3) is 0 Å². The molecule has 0 spiro atoms. The summed E-state index contributed by atoms with van der Waals surface area (Å²) in [6.07, 6.45) is -11.1. The van der Waals surface area contributed by atoms with Gasteiger partial charge in [0.1, 0.15) is 0 Å². The lowest BCUT2D eigenvalue weighted by Crippen LogP contribution is -2.74. The van der Waals surface area contributed by atoms with Crippen LogP contribution in [0.25, 0.3) is 0 Å². The summed E-state index contributed by atoms with van der Waals surface area (Å²) in [6.45, 7) is 1.01. The molecular formula is C12H10F16O. The van der Waals surface area contributed by atoms with Gasteiger partial charge in [0, 0.05) is 6.42 Å². The van der Waals surface area contributed by atoms with Gasteiger partial charge in [-0.15, -0.1) is 0 Å². The van der Waals surface area contributed by atoms with Gasteiger partial charge in [-0.05, 0) is 6.42 Å². The van der Waals surface area contributed by atoms with E-state index in [0.717, 1.165) is 6.92 Å². The monoisotopic (exact) mass is 474 g/mol. The minimum atomic E-state index is -8.48. The SMILES string of the molecule is CCCCC(F)(F)C(F)(F)C(F)(F)C(F)(F)C(F)(F)C(F)(F)C(F)(F)C(O)(F)F. The molecule has 0 rings (SSSR count). The summed E-state index contributed by atoms with van der Waals surface area (Å²) >= 11 is 0. The predicted molar refractivity (Wildman–Crippen MR) is 61.3 cm³/mol. The minimum absolute atomic E-state index is 0.445. The van der Waals surface area contributed by atoms with Crippen LogP contribution in [-0.4, -0.2) is 52.7 Å². The molecule has 0 unspecified atom stereocenters. The molecule has 0 aliphatic heterocycles. The highest BCUT2D eigenvalue weighted by Gasteiger charge is 2.94. The number of hydrogen-bond acceptors (Lipinski definition) is 1. The molecule has 1 N–H and O–H groups in total. The smallest absolute Gasteiger partial charge is 0.331 e. The van der Waals surface area contributed by atoms with Crippen molar-refractivity contribution in [3.63, 3.8) is 0 Å². The number of aliphatic hydroxyl groups is 1. The third-order valence-electron chi connectivity index (χ3n) is 3.65. The fourth-order valence-electron chi connectivity index (χ4n) is 1.76. The zero-order valence-electron chi connectivity index (χ0n) is 13.6. The lowest BCUT2D eigenvalue weighted by atomic mass is 9.88. The maximum Gasteiger partial charge on any atom is 0.423 e. The van der Waals surface area contributed by atoms with Crippen LogP contribution in [0.4, 0.5) is 70.2 Å². The van der Waals surface area contributed by atoms with Crippen LogP contribution >= 0.6 is 0 Å². The summed E-state index contributed by atoms with van der Waals surface area (Å²) in [6, 6.07) is 0. The Labute approximate surface area is 150 Å². The maximum atomic E-state index is 13.3. The lowest BCUT2D eigenvalue weighted by Gasteiger charge is -2.43. The van der Waals surface area contributed by atoms with Gasteiger partial charge in [-0.2, -0.15) is 70.2 Å². The molecule has 0 saturated carbocycles. The van der Waals surface area contributed by atoms with Gasteiger partial charge in [0.15, 0.2) is 0 Å². The molecule has 1 nitrogen and oxygen atoms in total. The number of hydrogen-bond donors (Lipinski definition) is 1. The van der Waals surface area contributed by atoms with E-state index in [1.807, 2.05) is 0 Å². The molecule has 0 fully saturated rings. The molecule has 0 atom stereocenters. The molecule has 0 aromatic rings. The average Bonchev–Trinajstić information content (AvgIpc) is 2.50. The van der Waals surface area contributed by atoms with Gasteiger partial charge in [-0.1, -0.05) is 13.3 Å². The van der Waals surface area contributed by atoms with Crippen LogP contribution in [0.1, 0.15) is 26.2 Å². The summed E-state index contributed by atoms with van der Waals surface area (Å²) in [5, 5.41) is 7.50. The van der Waals surface area contributed by atoms with Crippen molar-refractivity contribution in [1.29, 1.82) is 0 Å². The summed E-state index contributed by atoms with van der Waals surface area (Å²) < 4.78 is 208. The van der Waals surface area contributed by atoms with Crippen molar-refractivity contribution in [3.05, 3.63) is 0 Å². The second kappa shape index (κ2) is 7.21. The first-order chi connectivity index (χ1) is 12.3. The van der Waals surface area contributed by atoms with Gasteiger partial charge in [0.05, 0.1) is 0 Å². The van der Waals surface area contributed by atoms with E-state index in [1.54, 1.807) is 0 Å². The van der Waals surface area contributed by atoms with Crippen molar-refractivity contribution in [2.24, 2.45) is 0 Å². The van der Waals surface area contributed by atoms with E-state index in [2.05, 4.69) is 0 Å². The molecule has 0 aromatic heterocycles. The average molecular weight is 474 g/mol. The first-order valence-electron chi connectivity index (χ1n) is 7.06. The van der Waals surface area contributed by atoms with Gasteiger partial charge in [-0.3, -0.25) is 0 Å². The first kappa shape index (κ1) is 27.8. The first-order valence-corrected chi connectivity index (χ1v) is 7.06. The molecule has 176 valence electrons. The van der Waals surface area contributed by atoms with Crippen molar-refractivity contribution in [2.75, 3.05) is 0 Å². The Kier molecular flexibility index (Phi) is 6.93. The standard InChI is InChI=1S/C12H10F16O/c1-2-3-4-5(13,14)6(15,16)7(17,18)8(19,20)9(21,22)10(23,24)11(25,26)12(27,28)29/h29H,2-4H2,1H3. The molecule has 0 aliphatic carbocycles. The maximum absolute atomic E-state index is 13.3. The molecule has 0 aliphatic rings. The quantitative estimate of drug-likeness (QED) is 0.374. The third kappa shape index (κ3) is 3.71. The molecule has 0 radical (unpaired) electrons. The number of unbranched alkanes of at least 4 members (excludes halogenated alkanes) is 1.